The number of hydrogen-bond acceptors (Lipinski definition) is 6. The van der Waals surface area contributed by atoms with Crippen molar-refractivity contribution in [2.24, 2.45) is 0 Å². The number of unbranched alkanes of at least 4 members (excludes halogenated alkanes) is 21. The van der Waals surface area contributed by atoms with E-state index in [1.807, 2.05) is 0 Å². The number of carbonyl (C=O) groups excluding carboxylic acids is 3. The zero-order chi connectivity index (χ0) is 54.3. The van der Waals surface area contributed by atoms with Crippen molar-refractivity contribution in [3.8, 4) is 0 Å². The van der Waals surface area contributed by atoms with Crippen LogP contribution in [0.4, 0.5) is 0 Å². The van der Waals surface area contributed by atoms with Gasteiger partial charge < -0.3 is 14.2 Å². The zero-order valence-corrected chi connectivity index (χ0v) is 48.5. The van der Waals surface area contributed by atoms with Gasteiger partial charge in [0, 0.05) is 19.3 Å². The molecule has 1 atom stereocenters. The Labute approximate surface area is 462 Å². The lowest BCUT2D eigenvalue weighted by Gasteiger charge is -2.18. The largest absolute Gasteiger partial charge is 0.462 e. The fourth-order valence-electron chi connectivity index (χ4n) is 8.08. The van der Waals surface area contributed by atoms with E-state index >= 15 is 0 Å². The second kappa shape index (κ2) is 62.1. The van der Waals surface area contributed by atoms with Crippen LogP contribution in [0.3, 0.4) is 0 Å². The highest BCUT2D eigenvalue weighted by Crippen LogP contribution is 2.14. The lowest BCUT2D eigenvalue weighted by Crippen LogP contribution is -2.30. The molecule has 0 N–H and O–H groups in total. The second-order valence-electron chi connectivity index (χ2n) is 19.8. The molecule has 6 nitrogen and oxygen atoms in total. The number of ether oxygens (including phenoxy) is 3. The van der Waals surface area contributed by atoms with Gasteiger partial charge >= 0.3 is 17.9 Å². The Hall–Kier alpha value is -4.45. The molecule has 0 heterocycles. The Bertz CT molecular complexity index is 1620. The molecule has 1 unspecified atom stereocenters. The maximum Gasteiger partial charge on any atom is 0.306 e. The summed E-state index contributed by atoms with van der Waals surface area (Å²) in [4.78, 5) is 38.2. The SMILES string of the molecule is CC/C=C\C/C=C\C/C=C\C/C=C\C/C=C\C/C=C\C/C=C\CCCCCCCC(=O)OCC(COC(=O)CCCCC/C=C\C/C=C\C/C=C\CC)OC(=O)CCCCCCCCC/C=C\CCCCCCCC. The van der Waals surface area contributed by atoms with Crippen LogP contribution in [-0.2, 0) is 28.6 Å². The van der Waals surface area contributed by atoms with Crippen LogP contribution >= 0.6 is 0 Å². The average Bonchev–Trinajstić information content (AvgIpc) is 3.41. The molecule has 0 spiro atoms. The number of allylic oxidation sites excluding steroid dienone is 22. The van der Waals surface area contributed by atoms with Gasteiger partial charge in [-0.25, -0.2) is 0 Å². The number of hydrogen-bond donors (Lipinski definition) is 0. The van der Waals surface area contributed by atoms with Gasteiger partial charge in [-0.3, -0.25) is 14.4 Å². The molecule has 6 heteroatoms. The van der Waals surface area contributed by atoms with Crippen LogP contribution in [0, 0.1) is 0 Å². The quantitative estimate of drug-likeness (QED) is 0.0261. The van der Waals surface area contributed by atoms with E-state index in [0.29, 0.717) is 19.3 Å². The van der Waals surface area contributed by atoms with Crippen molar-refractivity contribution in [2.45, 2.75) is 271 Å². The van der Waals surface area contributed by atoms with E-state index in [-0.39, 0.29) is 31.1 Å². The van der Waals surface area contributed by atoms with Gasteiger partial charge in [0.15, 0.2) is 6.10 Å². The van der Waals surface area contributed by atoms with E-state index in [4.69, 9.17) is 14.2 Å². The minimum Gasteiger partial charge on any atom is -0.462 e. The van der Waals surface area contributed by atoms with Crippen molar-refractivity contribution < 1.29 is 28.6 Å². The van der Waals surface area contributed by atoms with Gasteiger partial charge in [0.25, 0.3) is 0 Å². The Morgan fingerprint density at radius 1 is 0.280 bits per heavy atom. The van der Waals surface area contributed by atoms with Gasteiger partial charge in [0.2, 0.25) is 0 Å². The second-order valence-corrected chi connectivity index (χ2v) is 19.8. The van der Waals surface area contributed by atoms with E-state index in [1.54, 1.807) is 0 Å². The van der Waals surface area contributed by atoms with E-state index in [0.717, 1.165) is 148 Å². The maximum atomic E-state index is 12.9. The van der Waals surface area contributed by atoms with Crippen molar-refractivity contribution in [2.75, 3.05) is 13.2 Å². The van der Waals surface area contributed by atoms with E-state index in [2.05, 4.69) is 154 Å². The summed E-state index contributed by atoms with van der Waals surface area (Å²) in [6.07, 6.45) is 87.4. The summed E-state index contributed by atoms with van der Waals surface area (Å²) in [5, 5.41) is 0. The molecule has 0 rings (SSSR count). The van der Waals surface area contributed by atoms with Crippen LogP contribution in [0.15, 0.2) is 134 Å². The van der Waals surface area contributed by atoms with Crippen LogP contribution in [-0.4, -0.2) is 37.2 Å². The molecule has 0 saturated carbocycles. The smallest absolute Gasteiger partial charge is 0.306 e. The van der Waals surface area contributed by atoms with Gasteiger partial charge in [-0.1, -0.05) is 244 Å². The lowest BCUT2D eigenvalue weighted by atomic mass is 10.1. The molecule has 0 fully saturated rings. The minimum absolute atomic E-state index is 0.103. The van der Waals surface area contributed by atoms with Gasteiger partial charge in [-0.05, 0) is 135 Å². The summed E-state index contributed by atoms with van der Waals surface area (Å²) in [6, 6.07) is 0. The Morgan fingerprint density at radius 2 is 0.520 bits per heavy atom. The van der Waals surface area contributed by atoms with Gasteiger partial charge in [0.05, 0.1) is 0 Å². The zero-order valence-electron chi connectivity index (χ0n) is 48.5. The summed E-state index contributed by atoms with van der Waals surface area (Å²) >= 11 is 0. The fraction of sp³-hybridized carbons (Fsp3) is 0.638. The monoisotopic (exact) mass is 1040 g/mol. The molecule has 0 amide bonds. The van der Waals surface area contributed by atoms with Crippen LogP contribution in [0.5, 0.6) is 0 Å². The molecular formula is C69H112O6. The van der Waals surface area contributed by atoms with E-state index in [9.17, 15) is 14.4 Å². The van der Waals surface area contributed by atoms with Crippen LogP contribution in [0.25, 0.3) is 0 Å². The standard InChI is InChI=1S/C69H112O6/c1-4-7-10-13-16-19-22-25-27-29-30-31-32-33-34-35-36-37-38-40-41-44-47-50-53-56-59-62-68(71)74-65-66(64-73-67(70)61-58-55-52-49-46-43-24-21-18-15-12-9-6-3)75-69(72)63-60-57-54-51-48-45-42-39-28-26-23-20-17-14-11-8-5-2/h7,9-10,12,16,18-19,21,25-28,30-31,33-34,36-37,40-41,43,46,66H,4-6,8,11,13-15,17,20,22-24,29,32,35,38-39,42,44-45,47-65H2,1-3H3/b10-7-,12-9-,19-16-,21-18-,27-25-,28-26-,31-30-,34-33-,37-36-,41-40-,46-43-. The molecule has 0 saturated heterocycles. The van der Waals surface area contributed by atoms with Gasteiger partial charge in [-0.2, -0.15) is 0 Å². The first-order valence-electron chi connectivity index (χ1n) is 30.7. The van der Waals surface area contributed by atoms with E-state index < -0.39 is 6.10 Å². The lowest BCUT2D eigenvalue weighted by molar-refractivity contribution is -0.167. The Balaban J connectivity index is 4.41. The molecule has 75 heavy (non-hydrogen) atoms. The summed E-state index contributed by atoms with van der Waals surface area (Å²) in [6.45, 7) is 6.36. The highest BCUT2D eigenvalue weighted by atomic mass is 16.6. The average molecular weight is 1040 g/mol. The van der Waals surface area contributed by atoms with Crippen LogP contribution < -0.4 is 0 Å². The molecule has 0 aromatic rings. The molecule has 0 aliphatic rings. The van der Waals surface area contributed by atoms with Crippen molar-refractivity contribution >= 4 is 17.9 Å². The predicted octanol–water partition coefficient (Wildman–Crippen LogP) is 21.0. The first-order chi connectivity index (χ1) is 37.0. The molecule has 0 aromatic heterocycles. The van der Waals surface area contributed by atoms with Crippen molar-refractivity contribution in [3.05, 3.63) is 134 Å². The highest BCUT2D eigenvalue weighted by molar-refractivity contribution is 5.71. The van der Waals surface area contributed by atoms with Gasteiger partial charge in [-0.15, -0.1) is 0 Å². The molecule has 424 valence electrons. The van der Waals surface area contributed by atoms with Crippen molar-refractivity contribution in [3.63, 3.8) is 0 Å². The predicted molar refractivity (Wildman–Crippen MR) is 325 cm³/mol. The first kappa shape index (κ1) is 70.5. The maximum absolute atomic E-state index is 12.9. The van der Waals surface area contributed by atoms with Gasteiger partial charge in [0.1, 0.15) is 13.2 Å². The summed E-state index contributed by atoms with van der Waals surface area (Å²) < 4.78 is 16.8. The third-order valence-electron chi connectivity index (χ3n) is 12.6. The normalized spacial score (nSPS) is 13.1. The summed E-state index contributed by atoms with van der Waals surface area (Å²) in [5.74, 6) is -0.955. The Morgan fingerprint density at radius 3 is 0.840 bits per heavy atom. The summed E-state index contributed by atoms with van der Waals surface area (Å²) in [7, 11) is 0. The Kier molecular flexibility index (Phi) is 58.4. The van der Waals surface area contributed by atoms with Crippen LogP contribution in [0.1, 0.15) is 265 Å². The number of esters is 3. The molecule has 0 radical (unpaired) electrons. The molecule has 0 aliphatic heterocycles. The fourth-order valence-corrected chi connectivity index (χ4v) is 8.08. The molecule has 0 bridgehead atoms. The number of carbonyl (C=O) groups is 3. The molecule has 0 aromatic carbocycles. The summed E-state index contributed by atoms with van der Waals surface area (Å²) in [5.41, 5.74) is 0. The topological polar surface area (TPSA) is 78.9 Å². The van der Waals surface area contributed by atoms with E-state index in [1.165, 1.54) is 77.0 Å². The van der Waals surface area contributed by atoms with Crippen molar-refractivity contribution in [1.29, 1.82) is 0 Å². The highest BCUT2D eigenvalue weighted by Gasteiger charge is 2.19. The minimum atomic E-state index is -0.806. The van der Waals surface area contributed by atoms with Crippen molar-refractivity contribution in [1.82, 2.24) is 0 Å². The first-order valence-corrected chi connectivity index (χ1v) is 30.7. The molecular weight excluding hydrogens is 925 g/mol. The third-order valence-corrected chi connectivity index (χ3v) is 12.6. The molecule has 0 aliphatic carbocycles. The van der Waals surface area contributed by atoms with Crippen LogP contribution in [0.2, 0.25) is 0 Å². The number of rotatable bonds is 54. The third kappa shape index (κ3) is 60.3.